The lowest BCUT2D eigenvalue weighted by Gasteiger charge is -2.16. The summed E-state index contributed by atoms with van der Waals surface area (Å²) in [5, 5.41) is 12.6. The van der Waals surface area contributed by atoms with E-state index in [1.165, 1.54) is 23.1 Å². The van der Waals surface area contributed by atoms with Crippen LogP contribution in [0.2, 0.25) is 0 Å². The highest BCUT2D eigenvalue weighted by atomic mass is 32.2. The zero-order chi connectivity index (χ0) is 22.7. The molecule has 31 heavy (non-hydrogen) atoms. The van der Waals surface area contributed by atoms with Crippen molar-refractivity contribution in [3.05, 3.63) is 45.7 Å². The first-order valence-electron chi connectivity index (χ1n) is 10.2. The van der Waals surface area contributed by atoms with Crippen molar-refractivity contribution in [3.63, 3.8) is 0 Å². The van der Waals surface area contributed by atoms with E-state index in [0.29, 0.717) is 16.9 Å². The van der Waals surface area contributed by atoms with Crippen LogP contribution in [0.5, 0.6) is 5.75 Å². The zero-order valence-electron chi connectivity index (χ0n) is 19.0. The van der Waals surface area contributed by atoms with Crippen LogP contribution in [-0.4, -0.2) is 30.9 Å². The highest BCUT2D eigenvalue weighted by Crippen LogP contribution is 2.28. The summed E-state index contributed by atoms with van der Waals surface area (Å²) < 4.78 is 8.06. The number of ether oxygens (including phenoxy) is 1. The summed E-state index contributed by atoms with van der Waals surface area (Å²) in [4.78, 5) is 18.1. The molecule has 0 saturated heterocycles. The standard InChI is InChI=1S/C22H29N5O2S2/c1-12(2)27-19(11-29-18-10-13(3)8-9-14(18)4)25-26-22(27)31-17(7)20(28)24-21-23-15(5)16(6)30-21/h8-10,12,17H,11H2,1-7H3,(H,23,24,28). The van der Waals surface area contributed by atoms with Crippen molar-refractivity contribution in [1.29, 1.82) is 0 Å². The van der Waals surface area contributed by atoms with Gasteiger partial charge < -0.3 is 14.6 Å². The third-order valence-electron chi connectivity index (χ3n) is 4.86. The Hall–Kier alpha value is -2.39. The highest BCUT2D eigenvalue weighted by Gasteiger charge is 2.22. The molecule has 1 amide bonds. The smallest absolute Gasteiger partial charge is 0.239 e. The molecule has 0 aliphatic carbocycles. The first kappa shape index (κ1) is 23.3. The first-order chi connectivity index (χ1) is 14.7. The average molecular weight is 460 g/mol. The molecule has 166 valence electrons. The number of nitrogens with one attached hydrogen (secondary N) is 1. The lowest BCUT2D eigenvalue weighted by molar-refractivity contribution is -0.115. The number of anilines is 1. The van der Waals surface area contributed by atoms with Crippen LogP contribution >= 0.6 is 23.1 Å². The van der Waals surface area contributed by atoms with Crippen molar-refractivity contribution in [2.24, 2.45) is 0 Å². The second-order valence-corrected chi connectivity index (χ2v) is 10.3. The summed E-state index contributed by atoms with van der Waals surface area (Å²) in [7, 11) is 0. The Morgan fingerprint density at radius 1 is 1.19 bits per heavy atom. The fourth-order valence-corrected chi connectivity index (χ4v) is 4.77. The number of thioether (sulfide) groups is 1. The molecule has 0 radical (unpaired) electrons. The Morgan fingerprint density at radius 2 is 1.94 bits per heavy atom. The van der Waals surface area contributed by atoms with E-state index in [1.54, 1.807) is 0 Å². The second kappa shape index (κ2) is 9.82. The number of carbonyl (C=O) groups is 1. The van der Waals surface area contributed by atoms with Crippen molar-refractivity contribution in [2.75, 3.05) is 5.32 Å². The fourth-order valence-electron chi connectivity index (χ4n) is 2.95. The average Bonchev–Trinajstić information content (AvgIpc) is 3.24. The topological polar surface area (TPSA) is 81.9 Å². The third-order valence-corrected chi connectivity index (χ3v) is 6.91. The summed E-state index contributed by atoms with van der Waals surface area (Å²) in [5.41, 5.74) is 3.16. The monoisotopic (exact) mass is 459 g/mol. The number of aryl methyl sites for hydroxylation is 4. The van der Waals surface area contributed by atoms with Gasteiger partial charge in [0.15, 0.2) is 16.1 Å². The number of thiazole rings is 1. The minimum absolute atomic E-state index is 0.106. The molecule has 0 spiro atoms. The van der Waals surface area contributed by atoms with Gasteiger partial charge in [-0.25, -0.2) is 4.98 Å². The van der Waals surface area contributed by atoms with Crippen LogP contribution in [0.25, 0.3) is 0 Å². The van der Waals surface area contributed by atoms with E-state index in [4.69, 9.17) is 4.74 Å². The molecule has 1 aromatic carbocycles. The van der Waals surface area contributed by atoms with Crippen LogP contribution in [0.4, 0.5) is 5.13 Å². The maximum atomic E-state index is 12.7. The lowest BCUT2D eigenvalue weighted by atomic mass is 10.1. The van der Waals surface area contributed by atoms with Gasteiger partial charge in [-0.2, -0.15) is 0 Å². The van der Waals surface area contributed by atoms with Gasteiger partial charge in [-0.15, -0.1) is 21.5 Å². The van der Waals surface area contributed by atoms with Crippen LogP contribution in [0.1, 0.15) is 54.3 Å². The van der Waals surface area contributed by atoms with E-state index in [2.05, 4.69) is 40.4 Å². The molecule has 3 aromatic rings. The summed E-state index contributed by atoms with van der Waals surface area (Å²) >= 11 is 2.87. The van der Waals surface area contributed by atoms with Gasteiger partial charge in [0, 0.05) is 10.9 Å². The summed E-state index contributed by atoms with van der Waals surface area (Å²) in [6.07, 6.45) is 0. The molecule has 0 bridgehead atoms. The van der Waals surface area contributed by atoms with Gasteiger partial charge in [-0.05, 0) is 65.7 Å². The third kappa shape index (κ3) is 5.65. The first-order valence-corrected chi connectivity index (χ1v) is 11.9. The van der Waals surface area contributed by atoms with Crippen molar-refractivity contribution in [1.82, 2.24) is 19.7 Å². The van der Waals surface area contributed by atoms with Gasteiger partial charge in [-0.1, -0.05) is 23.9 Å². The number of nitrogens with zero attached hydrogens (tertiary/aromatic N) is 4. The van der Waals surface area contributed by atoms with Gasteiger partial charge in [-0.3, -0.25) is 4.79 Å². The molecule has 0 aliphatic heterocycles. The Kier molecular flexibility index (Phi) is 7.38. The maximum absolute atomic E-state index is 12.7. The number of carbonyl (C=O) groups excluding carboxylic acids is 1. The molecular weight excluding hydrogens is 430 g/mol. The molecule has 2 aromatic heterocycles. The molecule has 1 N–H and O–H groups in total. The second-order valence-electron chi connectivity index (χ2n) is 7.83. The number of benzene rings is 1. The van der Waals surface area contributed by atoms with Crippen LogP contribution in [0.3, 0.4) is 0 Å². The van der Waals surface area contributed by atoms with E-state index >= 15 is 0 Å². The number of hydrogen-bond donors (Lipinski definition) is 1. The molecule has 3 rings (SSSR count). The Morgan fingerprint density at radius 3 is 2.58 bits per heavy atom. The summed E-state index contributed by atoms with van der Waals surface area (Å²) in [5.74, 6) is 1.47. The quantitative estimate of drug-likeness (QED) is 0.464. The predicted octanol–water partition coefficient (Wildman–Crippen LogP) is 5.25. The highest BCUT2D eigenvalue weighted by molar-refractivity contribution is 8.00. The van der Waals surface area contributed by atoms with Gasteiger partial charge >= 0.3 is 0 Å². The van der Waals surface area contributed by atoms with Crippen molar-refractivity contribution < 1.29 is 9.53 Å². The molecule has 2 heterocycles. The lowest BCUT2D eigenvalue weighted by Crippen LogP contribution is -2.23. The van der Waals surface area contributed by atoms with E-state index in [-0.39, 0.29) is 17.2 Å². The Bertz CT molecular complexity index is 1050. The molecule has 9 heteroatoms. The van der Waals surface area contributed by atoms with Crippen molar-refractivity contribution >= 4 is 34.1 Å². The summed E-state index contributed by atoms with van der Waals surface area (Å²) in [6, 6.07) is 6.27. The normalized spacial score (nSPS) is 12.3. The number of aromatic nitrogens is 4. The number of amides is 1. The van der Waals surface area contributed by atoms with Crippen molar-refractivity contribution in [2.45, 2.75) is 71.5 Å². The largest absolute Gasteiger partial charge is 0.485 e. The van der Waals surface area contributed by atoms with E-state index in [1.807, 2.05) is 51.3 Å². The molecular formula is C22H29N5O2S2. The fraction of sp³-hybridized carbons (Fsp3) is 0.455. The van der Waals surface area contributed by atoms with Crippen LogP contribution < -0.4 is 10.1 Å². The number of hydrogen-bond acceptors (Lipinski definition) is 7. The zero-order valence-corrected chi connectivity index (χ0v) is 20.6. The van der Waals surface area contributed by atoms with Gasteiger partial charge in [0.1, 0.15) is 12.4 Å². The van der Waals surface area contributed by atoms with Gasteiger partial charge in [0.2, 0.25) is 5.91 Å². The van der Waals surface area contributed by atoms with Gasteiger partial charge in [0.05, 0.1) is 10.9 Å². The SMILES string of the molecule is Cc1ccc(C)c(OCc2nnc(SC(C)C(=O)Nc3nc(C)c(C)s3)n2C(C)C)c1. The van der Waals surface area contributed by atoms with Crippen LogP contribution in [0.15, 0.2) is 23.4 Å². The van der Waals surface area contributed by atoms with E-state index in [9.17, 15) is 4.79 Å². The minimum atomic E-state index is -0.348. The van der Waals surface area contributed by atoms with Crippen LogP contribution in [-0.2, 0) is 11.4 Å². The maximum Gasteiger partial charge on any atom is 0.239 e. The van der Waals surface area contributed by atoms with E-state index in [0.717, 1.165) is 33.3 Å². The minimum Gasteiger partial charge on any atom is -0.485 e. The van der Waals surface area contributed by atoms with E-state index < -0.39 is 0 Å². The molecule has 1 atom stereocenters. The molecule has 0 fully saturated rings. The number of rotatable bonds is 8. The predicted molar refractivity (Wildman–Crippen MR) is 126 cm³/mol. The Balaban J connectivity index is 1.70. The Labute approximate surface area is 191 Å². The van der Waals surface area contributed by atoms with Crippen LogP contribution in [0, 0.1) is 27.7 Å². The molecule has 0 aliphatic rings. The molecule has 0 saturated carbocycles. The molecule has 1 unspecified atom stereocenters. The van der Waals surface area contributed by atoms with Gasteiger partial charge in [0.25, 0.3) is 0 Å². The summed E-state index contributed by atoms with van der Waals surface area (Å²) in [6.45, 7) is 14.3. The molecule has 7 nitrogen and oxygen atoms in total. The van der Waals surface area contributed by atoms with Crippen molar-refractivity contribution in [3.8, 4) is 5.75 Å².